The maximum Gasteiger partial charge on any atom is 0.250 e. The molecule has 2 heterocycles. The number of carbonyl (C=O) groups excluding carboxylic acids is 1. The first-order chi connectivity index (χ1) is 11.1. The number of nitrogens with one attached hydrogen (secondary N) is 1. The maximum absolute atomic E-state index is 11.7. The van der Waals surface area contributed by atoms with Gasteiger partial charge in [0.1, 0.15) is 11.3 Å². The fourth-order valence-electron chi connectivity index (χ4n) is 4.69. The number of likely N-dealkylation sites (tertiary alicyclic amines) is 1. The number of benzene rings is 1. The highest BCUT2D eigenvalue weighted by molar-refractivity contribution is 6.04. The third-order valence-corrected chi connectivity index (χ3v) is 5.63. The minimum absolute atomic E-state index is 0.0207. The molecular weight excluding hydrogens is 288 g/mol. The quantitative estimate of drug-likeness (QED) is 0.911. The first kappa shape index (κ1) is 14.7. The molecule has 122 valence electrons. The van der Waals surface area contributed by atoms with E-state index in [2.05, 4.69) is 16.8 Å². The van der Waals surface area contributed by atoms with Crippen LogP contribution in [0.5, 0.6) is 0 Å². The minimum Gasteiger partial charge on any atom is -0.366 e. The number of rotatable bonds is 4. The van der Waals surface area contributed by atoms with Crippen LogP contribution in [-0.4, -0.2) is 33.9 Å². The van der Waals surface area contributed by atoms with Crippen LogP contribution in [0.25, 0.3) is 11.0 Å². The first-order valence-corrected chi connectivity index (χ1v) is 8.68. The Labute approximate surface area is 136 Å². The van der Waals surface area contributed by atoms with Crippen molar-refractivity contribution >= 4 is 16.9 Å². The monoisotopic (exact) mass is 312 g/mol. The number of H-pyrrole nitrogens is 1. The average Bonchev–Trinajstić information content (AvgIpc) is 3.08. The lowest BCUT2D eigenvalue weighted by molar-refractivity contribution is 0.100. The van der Waals surface area contributed by atoms with E-state index in [9.17, 15) is 4.79 Å². The molecule has 1 aromatic carbocycles. The summed E-state index contributed by atoms with van der Waals surface area (Å²) in [5.74, 6) is 1.39. The van der Waals surface area contributed by atoms with Gasteiger partial charge in [0.15, 0.2) is 0 Å². The highest BCUT2D eigenvalue weighted by Gasteiger charge is 2.50. The molecule has 0 spiro atoms. The van der Waals surface area contributed by atoms with Crippen LogP contribution in [-0.2, 0) is 5.54 Å². The SMILES string of the molecule is CCCN1C[C@H]2CCC[C@]1(c1nc3c(C(N)=O)cccc3[nH]1)C2. The van der Waals surface area contributed by atoms with Gasteiger partial charge in [-0.05, 0) is 50.3 Å². The first-order valence-electron chi connectivity index (χ1n) is 8.68. The van der Waals surface area contributed by atoms with E-state index in [1.807, 2.05) is 12.1 Å². The number of aromatic amines is 1. The van der Waals surface area contributed by atoms with E-state index in [1.165, 1.54) is 25.8 Å². The number of hydrogen-bond acceptors (Lipinski definition) is 3. The molecule has 0 radical (unpaired) electrons. The lowest BCUT2D eigenvalue weighted by Gasteiger charge is -2.38. The third-order valence-electron chi connectivity index (χ3n) is 5.63. The second-order valence-electron chi connectivity index (χ2n) is 7.09. The molecule has 2 aliphatic rings. The molecule has 1 saturated carbocycles. The summed E-state index contributed by atoms with van der Waals surface area (Å²) in [6, 6.07) is 5.60. The third kappa shape index (κ3) is 2.17. The summed E-state index contributed by atoms with van der Waals surface area (Å²) in [7, 11) is 0. The largest absolute Gasteiger partial charge is 0.366 e. The molecule has 1 aromatic heterocycles. The minimum atomic E-state index is -0.412. The fraction of sp³-hybridized carbons (Fsp3) is 0.556. The number of hydrogen-bond donors (Lipinski definition) is 2. The van der Waals surface area contributed by atoms with E-state index < -0.39 is 5.91 Å². The number of para-hydroxylation sites is 1. The van der Waals surface area contributed by atoms with Crippen molar-refractivity contribution in [3.8, 4) is 0 Å². The number of amides is 1. The molecule has 2 bridgehead atoms. The second-order valence-corrected chi connectivity index (χ2v) is 7.09. The molecule has 2 atom stereocenters. The number of nitrogens with two attached hydrogens (primary N) is 1. The van der Waals surface area contributed by atoms with E-state index >= 15 is 0 Å². The summed E-state index contributed by atoms with van der Waals surface area (Å²) >= 11 is 0. The van der Waals surface area contributed by atoms with Gasteiger partial charge < -0.3 is 10.7 Å². The molecule has 1 aliphatic heterocycles. The van der Waals surface area contributed by atoms with Crippen LogP contribution in [0.4, 0.5) is 0 Å². The zero-order valence-corrected chi connectivity index (χ0v) is 13.6. The number of carbonyl (C=O) groups is 1. The summed E-state index contributed by atoms with van der Waals surface area (Å²) < 4.78 is 0. The van der Waals surface area contributed by atoms with Crippen molar-refractivity contribution in [2.45, 2.75) is 44.6 Å². The zero-order chi connectivity index (χ0) is 16.0. The summed E-state index contributed by atoms with van der Waals surface area (Å²) in [6.07, 6.45) is 6.06. The Morgan fingerprint density at radius 1 is 1.52 bits per heavy atom. The predicted molar refractivity (Wildman–Crippen MR) is 90.1 cm³/mol. The average molecular weight is 312 g/mol. The Hall–Kier alpha value is -1.88. The highest BCUT2D eigenvalue weighted by atomic mass is 16.1. The van der Waals surface area contributed by atoms with Crippen molar-refractivity contribution in [2.75, 3.05) is 13.1 Å². The van der Waals surface area contributed by atoms with Crippen LogP contribution in [0.15, 0.2) is 18.2 Å². The molecule has 2 aromatic rings. The molecule has 1 aliphatic carbocycles. The van der Waals surface area contributed by atoms with Gasteiger partial charge in [-0.1, -0.05) is 19.4 Å². The lowest BCUT2D eigenvalue weighted by atomic mass is 9.79. The lowest BCUT2D eigenvalue weighted by Crippen LogP contribution is -2.42. The normalized spacial score (nSPS) is 27.6. The standard InChI is InChI=1S/C18H24N4O/c1-2-9-22-11-12-5-4-8-18(22,10-12)17-20-14-7-3-6-13(16(19)23)15(14)21-17/h3,6-7,12H,2,4-5,8-11H2,1H3,(H2,19,23)(H,20,21)/t12-,18+/m0/s1. The van der Waals surface area contributed by atoms with Crippen LogP contribution in [0.3, 0.4) is 0 Å². The van der Waals surface area contributed by atoms with Gasteiger partial charge in [-0.25, -0.2) is 4.98 Å². The molecule has 5 heteroatoms. The molecule has 23 heavy (non-hydrogen) atoms. The van der Waals surface area contributed by atoms with Gasteiger partial charge >= 0.3 is 0 Å². The molecule has 5 nitrogen and oxygen atoms in total. The van der Waals surface area contributed by atoms with Crippen molar-refractivity contribution in [1.82, 2.24) is 14.9 Å². The zero-order valence-electron chi connectivity index (χ0n) is 13.6. The van der Waals surface area contributed by atoms with Crippen molar-refractivity contribution in [3.05, 3.63) is 29.6 Å². The Morgan fingerprint density at radius 2 is 2.39 bits per heavy atom. The fourth-order valence-corrected chi connectivity index (χ4v) is 4.69. The number of primary amides is 1. The van der Waals surface area contributed by atoms with Crippen molar-refractivity contribution in [2.24, 2.45) is 11.7 Å². The molecule has 1 saturated heterocycles. The van der Waals surface area contributed by atoms with Crippen LogP contribution in [0, 0.1) is 5.92 Å². The molecule has 1 amide bonds. The highest BCUT2D eigenvalue weighted by Crippen LogP contribution is 2.49. The van der Waals surface area contributed by atoms with Gasteiger partial charge in [0.2, 0.25) is 0 Å². The number of fused-ring (bicyclic) bond motifs is 3. The van der Waals surface area contributed by atoms with Crippen LogP contribution in [0.1, 0.15) is 55.2 Å². The number of nitrogens with zero attached hydrogens (tertiary/aromatic N) is 2. The maximum atomic E-state index is 11.7. The Balaban J connectivity index is 1.84. The molecular formula is C18H24N4O. The summed E-state index contributed by atoms with van der Waals surface area (Å²) in [6.45, 7) is 4.52. The molecule has 3 N–H and O–H groups in total. The predicted octanol–water partition coefficient (Wildman–Crippen LogP) is 2.77. The summed E-state index contributed by atoms with van der Waals surface area (Å²) in [4.78, 5) is 22.7. The topological polar surface area (TPSA) is 75.0 Å². The van der Waals surface area contributed by atoms with E-state index in [0.29, 0.717) is 5.56 Å². The van der Waals surface area contributed by atoms with Gasteiger partial charge in [-0.15, -0.1) is 0 Å². The van der Waals surface area contributed by atoms with Crippen molar-refractivity contribution in [3.63, 3.8) is 0 Å². The van der Waals surface area contributed by atoms with E-state index in [1.54, 1.807) is 6.07 Å². The van der Waals surface area contributed by atoms with Gasteiger partial charge in [0, 0.05) is 6.54 Å². The van der Waals surface area contributed by atoms with Crippen LogP contribution >= 0.6 is 0 Å². The molecule has 2 fully saturated rings. The van der Waals surface area contributed by atoms with Crippen LogP contribution < -0.4 is 5.73 Å². The Kier molecular flexibility index (Phi) is 3.41. The molecule has 4 rings (SSSR count). The van der Waals surface area contributed by atoms with Crippen molar-refractivity contribution in [1.29, 1.82) is 0 Å². The smallest absolute Gasteiger partial charge is 0.250 e. The van der Waals surface area contributed by atoms with Crippen LogP contribution in [0.2, 0.25) is 0 Å². The van der Waals surface area contributed by atoms with Gasteiger partial charge in [0.25, 0.3) is 5.91 Å². The molecule has 0 unspecified atom stereocenters. The number of imidazole rings is 1. The summed E-state index contributed by atoms with van der Waals surface area (Å²) in [5, 5.41) is 0. The van der Waals surface area contributed by atoms with Crippen molar-refractivity contribution < 1.29 is 4.79 Å². The summed E-state index contributed by atoms with van der Waals surface area (Å²) in [5.41, 5.74) is 7.67. The van der Waals surface area contributed by atoms with E-state index in [-0.39, 0.29) is 5.54 Å². The Bertz CT molecular complexity index is 753. The van der Waals surface area contributed by atoms with Gasteiger partial charge in [-0.3, -0.25) is 9.69 Å². The Morgan fingerprint density at radius 3 is 3.17 bits per heavy atom. The van der Waals surface area contributed by atoms with Gasteiger partial charge in [-0.2, -0.15) is 0 Å². The van der Waals surface area contributed by atoms with E-state index in [0.717, 1.165) is 42.2 Å². The second kappa shape index (κ2) is 5.34. The van der Waals surface area contributed by atoms with Gasteiger partial charge in [0.05, 0.1) is 16.6 Å². The number of aromatic nitrogens is 2. The van der Waals surface area contributed by atoms with E-state index in [4.69, 9.17) is 10.7 Å².